The van der Waals surface area contributed by atoms with E-state index in [-0.39, 0.29) is 0 Å². The van der Waals surface area contributed by atoms with Crippen molar-refractivity contribution in [3.8, 4) is 0 Å². The highest BCUT2D eigenvalue weighted by atomic mass is 79.9. The molecule has 0 fully saturated rings. The predicted octanol–water partition coefficient (Wildman–Crippen LogP) is 7.44. The fourth-order valence-electron chi connectivity index (χ4n) is 2.49. The second-order valence-electron chi connectivity index (χ2n) is 7.08. The lowest BCUT2D eigenvalue weighted by atomic mass is 10.2. The van der Waals surface area contributed by atoms with Crippen LogP contribution in [-0.2, 0) is 4.12 Å². The summed E-state index contributed by atoms with van der Waals surface area (Å²) in [6, 6.07) is 16.7. The summed E-state index contributed by atoms with van der Waals surface area (Å²) in [5, 5.41) is 0. The summed E-state index contributed by atoms with van der Waals surface area (Å²) in [4.78, 5) is 0. The molecule has 132 valence electrons. The maximum Gasteiger partial charge on any atom is 0.198 e. The minimum Gasteiger partial charge on any atom is -0.449 e. The second kappa shape index (κ2) is 8.78. The van der Waals surface area contributed by atoms with Gasteiger partial charge in [-0.3, -0.25) is 0 Å². The van der Waals surface area contributed by atoms with Crippen LogP contribution < -0.4 is 0 Å². The summed E-state index contributed by atoms with van der Waals surface area (Å²) in [6.45, 7) is 9.02. The Morgan fingerprint density at radius 3 is 1.28 bits per heavy atom. The third-order valence-corrected chi connectivity index (χ3v) is 10.8. The normalized spacial score (nSPS) is 13.0. The fourth-order valence-corrected chi connectivity index (χ4v) is 10.2. The zero-order chi connectivity index (χ0) is 18.5. The highest BCUT2D eigenvalue weighted by Crippen LogP contribution is 2.20. The summed E-state index contributed by atoms with van der Waals surface area (Å²) in [6.07, 6.45) is 4.36. The SMILES string of the molecule is C[Si](C)(/C=C/c1ccc(Br)cc1)O[Si](C)(C)/C=C/c1ccc(Br)cc1. The van der Waals surface area contributed by atoms with Gasteiger partial charge in [-0.15, -0.1) is 0 Å². The van der Waals surface area contributed by atoms with Gasteiger partial charge in [-0.2, -0.15) is 0 Å². The van der Waals surface area contributed by atoms with Crippen LogP contribution in [0.1, 0.15) is 11.1 Å². The molecule has 0 N–H and O–H groups in total. The molecule has 2 aromatic carbocycles. The van der Waals surface area contributed by atoms with Crippen molar-refractivity contribution in [2.75, 3.05) is 0 Å². The molecule has 0 bridgehead atoms. The lowest BCUT2D eigenvalue weighted by molar-refractivity contribution is 0.571. The van der Waals surface area contributed by atoms with Crippen LogP contribution in [0.5, 0.6) is 0 Å². The third kappa shape index (κ3) is 7.58. The summed E-state index contributed by atoms with van der Waals surface area (Å²) in [7, 11) is -3.74. The van der Waals surface area contributed by atoms with Gasteiger partial charge in [-0.05, 0) is 61.6 Å². The van der Waals surface area contributed by atoms with E-state index >= 15 is 0 Å². The van der Waals surface area contributed by atoms with Crippen LogP contribution in [0.25, 0.3) is 12.2 Å². The Morgan fingerprint density at radius 2 is 0.960 bits per heavy atom. The van der Waals surface area contributed by atoms with E-state index in [0.29, 0.717) is 0 Å². The summed E-state index contributed by atoms with van der Waals surface area (Å²) < 4.78 is 8.80. The molecule has 2 aromatic rings. The van der Waals surface area contributed by atoms with Crippen molar-refractivity contribution in [2.45, 2.75) is 26.2 Å². The number of hydrogen-bond donors (Lipinski definition) is 0. The molecule has 0 spiro atoms. The second-order valence-corrected chi connectivity index (χ2v) is 16.8. The summed E-state index contributed by atoms with van der Waals surface area (Å²) >= 11 is 6.94. The van der Waals surface area contributed by atoms with E-state index in [1.165, 1.54) is 11.1 Å². The van der Waals surface area contributed by atoms with Crippen molar-refractivity contribution >= 4 is 60.6 Å². The molecular formula is C20H24Br2OSi2. The van der Waals surface area contributed by atoms with E-state index in [1.54, 1.807) is 0 Å². The highest BCUT2D eigenvalue weighted by Gasteiger charge is 2.29. The van der Waals surface area contributed by atoms with Crippen molar-refractivity contribution in [1.82, 2.24) is 0 Å². The van der Waals surface area contributed by atoms with E-state index in [4.69, 9.17) is 4.12 Å². The van der Waals surface area contributed by atoms with Crippen molar-refractivity contribution < 1.29 is 4.12 Å². The minimum absolute atomic E-state index is 1.10. The van der Waals surface area contributed by atoms with Crippen molar-refractivity contribution in [1.29, 1.82) is 0 Å². The van der Waals surface area contributed by atoms with Gasteiger partial charge in [-0.25, -0.2) is 0 Å². The molecule has 0 heterocycles. The Labute approximate surface area is 170 Å². The highest BCUT2D eigenvalue weighted by molar-refractivity contribution is 9.10. The molecule has 0 unspecified atom stereocenters. The average Bonchev–Trinajstić information content (AvgIpc) is 2.53. The molecule has 0 aliphatic carbocycles. The minimum atomic E-state index is -1.87. The molecule has 0 radical (unpaired) electrons. The van der Waals surface area contributed by atoms with Gasteiger partial charge in [0.05, 0.1) is 0 Å². The molecule has 2 rings (SSSR count). The van der Waals surface area contributed by atoms with Gasteiger partial charge in [0.1, 0.15) is 0 Å². The van der Waals surface area contributed by atoms with E-state index in [1.807, 2.05) is 0 Å². The quantitative estimate of drug-likeness (QED) is 0.378. The van der Waals surface area contributed by atoms with Gasteiger partial charge >= 0.3 is 0 Å². The zero-order valence-corrected chi connectivity index (χ0v) is 20.3. The van der Waals surface area contributed by atoms with Gasteiger partial charge in [0.15, 0.2) is 16.6 Å². The molecule has 0 aromatic heterocycles. The molecule has 0 aliphatic rings. The zero-order valence-electron chi connectivity index (χ0n) is 15.1. The first-order valence-corrected chi connectivity index (χ1v) is 15.8. The van der Waals surface area contributed by atoms with Crippen LogP contribution in [0.15, 0.2) is 68.9 Å². The lowest BCUT2D eigenvalue weighted by Gasteiger charge is -2.29. The topological polar surface area (TPSA) is 9.23 Å². The largest absolute Gasteiger partial charge is 0.449 e. The average molecular weight is 496 g/mol. The van der Waals surface area contributed by atoms with Crippen LogP contribution in [0.4, 0.5) is 0 Å². The van der Waals surface area contributed by atoms with Gasteiger partial charge in [0.2, 0.25) is 0 Å². The smallest absolute Gasteiger partial charge is 0.198 e. The molecule has 25 heavy (non-hydrogen) atoms. The first-order valence-electron chi connectivity index (χ1n) is 8.25. The van der Waals surface area contributed by atoms with E-state index in [0.717, 1.165) is 8.95 Å². The number of hydrogen-bond acceptors (Lipinski definition) is 1. The van der Waals surface area contributed by atoms with Crippen LogP contribution in [-0.4, -0.2) is 16.6 Å². The van der Waals surface area contributed by atoms with Crippen molar-refractivity contribution in [3.63, 3.8) is 0 Å². The number of halogens is 2. The van der Waals surface area contributed by atoms with Gasteiger partial charge in [0, 0.05) is 8.95 Å². The first-order chi connectivity index (χ1) is 11.7. The molecule has 0 aliphatic heterocycles. The molecule has 1 nitrogen and oxygen atoms in total. The van der Waals surface area contributed by atoms with Crippen molar-refractivity contribution in [2.24, 2.45) is 0 Å². The maximum absolute atomic E-state index is 6.60. The Hall–Kier alpha value is -0.726. The fraction of sp³-hybridized carbons (Fsp3) is 0.200. The van der Waals surface area contributed by atoms with Crippen molar-refractivity contribution in [3.05, 3.63) is 80.0 Å². The molecule has 0 saturated heterocycles. The van der Waals surface area contributed by atoms with Crippen LogP contribution >= 0.6 is 31.9 Å². The lowest BCUT2D eigenvalue weighted by Crippen LogP contribution is -2.42. The Morgan fingerprint density at radius 1 is 0.640 bits per heavy atom. The van der Waals surface area contributed by atoms with Crippen LogP contribution in [0.3, 0.4) is 0 Å². The van der Waals surface area contributed by atoms with Gasteiger partial charge in [-0.1, -0.05) is 79.7 Å². The Balaban J connectivity index is 2.03. The number of rotatable bonds is 6. The monoisotopic (exact) mass is 494 g/mol. The number of benzene rings is 2. The van der Waals surface area contributed by atoms with E-state index in [9.17, 15) is 0 Å². The standard InChI is InChI=1S/C20H24Br2OSi2/c1-24(2,15-13-17-5-9-19(21)10-6-17)23-25(3,4)16-14-18-7-11-20(22)12-8-18/h5-16H,1-4H3/b15-13+,16-14+. The molecule has 0 atom stereocenters. The summed E-state index contributed by atoms with van der Waals surface area (Å²) in [5.41, 5.74) is 6.96. The first kappa shape index (κ1) is 20.6. The van der Waals surface area contributed by atoms with Gasteiger partial charge in [0.25, 0.3) is 0 Å². The molecule has 0 saturated carbocycles. The van der Waals surface area contributed by atoms with E-state index in [2.05, 4.69) is 130 Å². The maximum atomic E-state index is 6.60. The molecular weight excluding hydrogens is 472 g/mol. The van der Waals surface area contributed by atoms with Gasteiger partial charge < -0.3 is 4.12 Å². The Kier molecular flexibility index (Phi) is 7.23. The Bertz CT molecular complexity index is 683. The van der Waals surface area contributed by atoms with Crippen LogP contribution in [0, 0.1) is 0 Å². The molecule has 5 heteroatoms. The summed E-state index contributed by atoms with van der Waals surface area (Å²) in [5.74, 6) is 0. The van der Waals surface area contributed by atoms with E-state index < -0.39 is 16.6 Å². The van der Waals surface area contributed by atoms with Crippen LogP contribution in [0.2, 0.25) is 26.2 Å². The molecule has 0 amide bonds. The third-order valence-electron chi connectivity index (χ3n) is 3.62. The predicted molar refractivity (Wildman–Crippen MR) is 122 cm³/mol.